The van der Waals surface area contributed by atoms with Crippen molar-refractivity contribution in [3.05, 3.63) is 24.3 Å². The second-order valence-corrected chi connectivity index (χ2v) is 6.11. The van der Waals surface area contributed by atoms with Crippen LogP contribution in [0.2, 0.25) is 0 Å². The Hall–Kier alpha value is -1.96. The molecule has 1 aliphatic heterocycles. The molecule has 3 rings (SSSR count). The van der Waals surface area contributed by atoms with Crippen molar-refractivity contribution >= 4 is 11.6 Å². The zero-order chi connectivity index (χ0) is 16.7. The van der Waals surface area contributed by atoms with Gasteiger partial charge in [0.25, 0.3) is 0 Å². The molecular weight excluding hydrogens is 311 g/mol. The Balaban J connectivity index is 1.60. The normalized spacial score (nSPS) is 22.8. The Morgan fingerprint density at radius 3 is 2.78 bits per heavy atom. The van der Waals surface area contributed by atoms with Crippen molar-refractivity contribution < 1.29 is 22.7 Å². The average Bonchev–Trinajstić information content (AvgIpc) is 3.04. The van der Waals surface area contributed by atoms with Gasteiger partial charge in [-0.3, -0.25) is 4.79 Å². The van der Waals surface area contributed by atoms with Crippen LogP contribution < -0.4 is 20.7 Å². The molecule has 1 saturated heterocycles. The average molecular weight is 329 g/mol. The van der Waals surface area contributed by atoms with Crippen molar-refractivity contribution in [2.24, 2.45) is 5.73 Å². The third-order valence-corrected chi connectivity index (χ3v) is 4.18. The first kappa shape index (κ1) is 15.9. The number of carbonyl (C=O) groups excluding carboxylic acids is 1. The largest absolute Gasteiger partial charge is 0.573 e. The molecule has 3 N–H and O–H groups in total. The lowest BCUT2D eigenvalue weighted by Gasteiger charge is -2.21. The zero-order valence-electron chi connectivity index (χ0n) is 12.4. The SMILES string of the molecule is NC1(C(=O)NC2CCN(c3cccc(OC(F)(F)F)c3)C2)CC1. The summed E-state index contributed by atoms with van der Waals surface area (Å²) in [5, 5.41) is 2.92. The highest BCUT2D eigenvalue weighted by Crippen LogP contribution is 2.33. The Kier molecular flexibility index (Phi) is 3.87. The number of ether oxygens (including phenoxy) is 1. The highest BCUT2D eigenvalue weighted by molar-refractivity contribution is 5.89. The van der Waals surface area contributed by atoms with E-state index in [9.17, 15) is 18.0 Å². The number of nitrogens with two attached hydrogens (primary N) is 1. The summed E-state index contributed by atoms with van der Waals surface area (Å²) in [4.78, 5) is 13.9. The first-order chi connectivity index (χ1) is 10.8. The van der Waals surface area contributed by atoms with Crippen molar-refractivity contribution in [2.75, 3.05) is 18.0 Å². The molecule has 0 radical (unpaired) electrons. The predicted molar refractivity (Wildman–Crippen MR) is 78.0 cm³/mol. The van der Waals surface area contributed by atoms with E-state index in [0.717, 1.165) is 6.42 Å². The number of hydrogen-bond donors (Lipinski definition) is 2. The molecule has 2 aliphatic rings. The fourth-order valence-electron chi connectivity index (χ4n) is 2.68. The number of nitrogens with one attached hydrogen (secondary N) is 1. The van der Waals surface area contributed by atoms with Gasteiger partial charge in [-0.1, -0.05) is 6.07 Å². The minimum Gasteiger partial charge on any atom is -0.406 e. The van der Waals surface area contributed by atoms with E-state index in [4.69, 9.17) is 5.73 Å². The number of benzene rings is 1. The molecule has 0 spiro atoms. The first-order valence-electron chi connectivity index (χ1n) is 7.46. The van der Waals surface area contributed by atoms with Gasteiger partial charge in [-0.25, -0.2) is 0 Å². The summed E-state index contributed by atoms with van der Waals surface area (Å²) in [5.41, 5.74) is 5.77. The molecule has 23 heavy (non-hydrogen) atoms. The predicted octanol–water partition coefficient (Wildman–Crippen LogP) is 1.77. The van der Waals surface area contributed by atoms with Gasteiger partial charge in [0.1, 0.15) is 5.75 Å². The molecule has 2 fully saturated rings. The summed E-state index contributed by atoms with van der Waals surface area (Å²) < 4.78 is 40.8. The molecule has 126 valence electrons. The number of hydrogen-bond acceptors (Lipinski definition) is 4. The van der Waals surface area contributed by atoms with Gasteiger partial charge in [0, 0.05) is 30.9 Å². The van der Waals surface area contributed by atoms with Crippen molar-refractivity contribution in [2.45, 2.75) is 37.2 Å². The summed E-state index contributed by atoms with van der Waals surface area (Å²) in [5.74, 6) is -0.389. The van der Waals surface area contributed by atoms with Crippen LogP contribution in [0.25, 0.3) is 0 Å². The van der Waals surface area contributed by atoms with Crippen LogP contribution in [0.4, 0.5) is 18.9 Å². The molecule has 1 unspecified atom stereocenters. The number of nitrogens with zero attached hydrogens (tertiary/aromatic N) is 1. The van der Waals surface area contributed by atoms with E-state index in [1.165, 1.54) is 18.2 Å². The topological polar surface area (TPSA) is 67.6 Å². The second kappa shape index (κ2) is 5.59. The summed E-state index contributed by atoms with van der Waals surface area (Å²) in [6, 6.07) is 5.80. The van der Waals surface area contributed by atoms with Gasteiger partial charge >= 0.3 is 6.36 Å². The monoisotopic (exact) mass is 329 g/mol. The van der Waals surface area contributed by atoms with Gasteiger partial charge in [-0.15, -0.1) is 13.2 Å². The van der Waals surface area contributed by atoms with Crippen LogP contribution in [0.3, 0.4) is 0 Å². The number of carbonyl (C=O) groups is 1. The van der Waals surface area contributed by atoms with Gasteiger partial charge < -0.3 is 20.7 Å². The standard InChI is InChI=1S/C15H18F3N3O2/c16-15(17,18)23-12-3-1-2-11(8-12)21-7-4-10(9-21)20-13(22)14(19)5-6-14/h1-3,8,10H,4-7,9,19H2,(H,20,22). The highest BCUT2D eigenvalue weighted by atomic mass is 19.4. The van der Waals surface area contributed by atoms with Crippen LogP contribution in [0.5, 0.6) is 5.75 Å². The maximum absolute atomic E-state index is 12.3. The molecular formula is C15H18F3N3O2. The molecule has 1 aliphatic carbocycles. The van der Waals surface area contributed by atoms with E-state index in [-0.39, 0.29) is 17.7 Å². The van der Waals surface area contributed by atoms with E-state index in [1.54, 1.807) is 6.07 Å². The van der Waals surface area contributed by atoms with Gasteiger partial charge in [0.15, 0.2) is 0 Å². The third kappa shape index (κ3) is 3.87. The lowest BCUT2D eigenvalue weighted by Crippen LogP contribution is -2.47. The van der Waals surface area contributed by atoms with Gasteiger partial charge in [-0.2, -0.15) is 0 Å². The number of alkyl halides is 3. The summed E-state index contributed by atoms with van der Waals surface area (Å²) >= 11 is 0. The van der Waals surface area contributed by atoms with Gasteiger partial charge in [0.05, 0.1) is 5.54 Å². The van der Waals surface area contributed by atoms with E-state index >= 15 is 0 Å². The van der Waals surface area contributed by atoms with Crippen molar-refractivity contribution in [1.29, 1.82) is 0 Å². The smallest absolute Gasteiger partial charge is 0.406 e. The van der Waals surface area contributed by atoms with Gasteiger partial charge in [0.2, 0.25) is 5.91 Å². The molecule has 1 aromatic carbocycles. The first-order valence-corrected chi connectivity index (χ1v) is 7.46. The Morgan fingerprint density at radius 1 is 1.39 bits per heavy atom. The summed E-state index contributed by atoms with van der Waals surface area (Å²) in [6.45, 7) is 1.19. The molecule has 0 aromatic heterocycles. The number of halogens is 3. The van der Waals surface area contributed by atoms with Crippen LogP contribution in [0.1, 0.15) is 19.3 Å². The molecule has 1 aromatic rings. The number of rotatable bonds is 4. The molecule has 5 nitrogen and oxygen atoms in total. The van der Waals surface area contributed by atoms with Crippen LogP contribution in [-0.4, -0.2) is 36.9 Å². The van der Waals surface area contributed by atoms with Crippen molar-refractivity contribution in [3.8, 4) is 5.75 Å². The van der Waals surface area contributed by atoms with Crippen LogP contribution in [0, 0.1) is 0 Å². The number of anilines is 1. The maximum atomic E-state index is 12.3. The molecule has 8 heteroatoms. The third-order valence-electron chi connectivity index (χ3n) is 4.18. The Morgan fingerprint density at radius 2 is 2.13 bits per heavy atom. The fraction of sp³-hybridized carbons (Fsp3) is 0.533. The van der Waals surface area contributed by atoms with Gasteiger partial charge in [-0.05, 0) is 31.4 Å². The van der Waals surface area contributed by atoms with Crippen molar-refractivity contribution in [1.82, 2.24) is 5.32 Å². The van der Waals surface area contributed by atoms with Crippen LogP contribution in [0.15, 0.2) is 24.3 Å². The lowest BCUT2D eigenvalue weighted by molar-refractivity contribution is -0.274. The molecule has 1 saturated carbocycles. The van der Waals surface area contributed by atoms with Crippen LogP contribution >= 0.6 is 0 Å². The summed E-state index contributed by atoms with van der Waals surface area (Å²) in [6.07, 6.45) is -2.58. The second-order valence-electron chi connectivity index (χ2n) is 6.11. The minimum atomic E-state index is -4.71. The number of amides is 1. The quantitative estimate of drug-likeness (QED) is 0.883. The Bertz CT molecular complexity index is 602. The molecule has 1 amide bonds. The van der Waals surface area contributed by atoms with Crippen LogP contribution in [-0.2, 0) is 4.79 Å². The van der Waals surface area contributed by atoms with Crippen molar-refractivity contribution in [3.63, 3.8) is 0 Å². The molecule has 0 bridgehead atoms. The maximum Gasteiger partial charge on any atom is 0.573 e. The summed E-state index contributed by atoms with van der Waals surface area (Å²) in [7, 11) is 0. The van der Waals surface area contributed by atoms with E-state index in [0.29, 0.717) is 31.6 Å². The molecule has 1 atom stereocenters. The minimum absolute atomic E-state index is 0.0456. The highest BCUT2D eigenvalue weighted by Gasteiger charge is 2.46. The lowest BCUT2D eigenvalue weighted by atomic mass is 10.2. The fourth-order valence-corrected chi connectivity index (χ4v) is 2.68. The van der Waals surface area contributed by atoms with E-state index in [1.807, 2.05) is 4.90 Å². The zero-order valence-corrected chi connectivity index (χ0v) is 12.4. The van der Waals surface area contributed by atoms with E-state index in [2.05, 4.69) is 10.1 Å². The Labute approximate surface area is 131 Å². The molecule has 1 heterocycles. The van der Waals surface area contributed by atoms with E-state index < -0.39 is 11.9 Å².